The Kier molecular flexibility index (Phi) is 5.62. The number of carboxylic acids is 1. The summed E-state index contributed by atoms with van der Waals surface area (Å²) < 4.78 is 1.75. The summed E-state index contributed by atoms with van der Waals surface area (Å²) in [6, 6.07) is 1.56. The number of nitrogens with one attached hydrogen (secondary N) is 1. The van der Waals surface area contributed by atoms with Gasteiger partial charge in [-0.25, -0.2) is 4.79 Å². The second-order valence-corrected chi connectivity index (χ2v) is 5.22. The highest BCUT2D eigenvalue weighted by molar-refractivity contribution is 6.31. The number of hydrogen-bond donors (Lipinski definition) is 2. The Morgan fingerprint density at radius 3 is 2.40 bits per heavy atom. The van der Waals surface area contributed by atoms with Crippen molar-refractivity contribution in [1.82, 2.24) is 9.88 Å². The number of halogens is 1. The molecule has 6 heteroatoms. The molecule has 0 bridgehead atoms. The smallest absolute Gasteiger partial charge is 0.329 e. The van der Waals surface area contributed by atoms with Crippen molar-refractivity contribution in [3.8, 4) is 0 Å². The van der Waals surface area contributed by atoms with Crippen LogP contribution < -0.4 is 5.32 Å². The Hall–Kier alpha value is -1.49. The molecule has 5 nitrogen and oxygen atoms in total. The zero-order valence-electron chi connectivity index (χ0n) is 12.1. The molecule has 0 aliphatic rings. The number of aliphatic carboxylic acids is 1. The molecule has 2 N–H and O–H groups in total. The predicted octanol–water partition coefficient (Wildman–Crippen LogP) is 2.92. The molecule has 112 valence electrons. The fourth-order valence-corrected chi connectivity index (χ4v) is 2.38. The summed E-state index contributed by atoms with van der Waals surface area (Å²) in [6.45, 7) is 6.15. The minimum Gasteiger partial charge on any atom is -0.480 e. The number of aryl methyl sites for hydroxylation is 1. The van der Waals surface area contributed by atoms with E-state index in [4.69, 9.17) is 11.6 Å². The molecule has 0 unspecified atom stereocenters. The van der Waals surface area contributed by atoms with Crippen LogP contribution in [-0.4, -0.2) is 27.1 Å². The predicted molar refractivity (Wildman–Crippen MR) is 78.1 cm³/mol. The van der Waals surface area contributed by atoms with Gasteiger partial charge in [0.1, 0.15) is 11.2 Å². The molecule has 0 aliphatic carbocycles. The molecule has 0 aromatic carbocycles. The van der Waals surface area contributed by atoms with Crippen LogP contribution in [0.15, 0.2) is 12.3 Å². The summed E-state index contributed by atoms with van der Waals surface area (Å²) in [4.78, 5) is 23.8. The van der Waals surface area contributed by atoms with E-state index in [1.165, 1.54) is 0 Å². The van der Waals surface area contributed by atoms with Gasteiger partial charge >= 0.3 is 5.97 Å². The SMILES string of the molecule is CCCn1cc(Cl)cc1C(=O)NC(CC)(CC)C(=O)O. The highest BCUT2D eigenvalue weighted by atomic mass is 35.5. The summed E-state index contributed by atoms with van der Waals surface area (Å²) in [6.07, 6.45) is 3.19. The topological polar surface area (TPSA) is 71.3 Å². The van der Waals surface area contributed by atoms with Crippen LogP contribution >= 0.6 is 11.6 Å². The molecule has 0 radical (unpaired) electrons. The van der Waals surface area contributed by atoms with Crippen LogP contribution in [0.1, 0.15) is 50.5 Å². The first-order chi connectivity index (χ1) is 9.40. The van der Waals surface area contributed by atoms with Crippen molar-refractivity contribution in [2.75, 3.05) is 0 Å². The van der Waals surface area contributed by atoms with E-state index in [9.17, 15) is 14.7 Å². The minimum atomic E-state index is -1.23. The van der Waals surface area contributed by atoms with Gasteiger partial charge in [-0.05, 0) is 25.3 Å². The highest BCUT2D eigenvalue weighted by Crippen LogP contribution is 2.19. The van der Waals surface area contributed by atoms with Crippen LogP contribution in [0.25, 0.3) is 0 Å². The second-order valence-electron chi connectivity index (χ2n) is 4.79. The highest BCUT2D eigenvalue weighted by Gasteiger charge is 2.37. The number of amides is 1. The first-order valence-electron chi connectivity index (χ1n) is 6.81. The van der Waals surface area contributed by atoms with Crippen molar-refractivity contribution in [2.45, 2.75) is 52.1 Å². The normalized spacial score (nSPS) is 11.4. The van der Waals surface area contributed by atoms with E-state index in [-0.39, 0.29) is 0 Å². The van der Waals surface area contributed by atoms with Crippen LogP contribution in [-0.2, 0) is 11.3 Å². The van der Waals surface area contributed by atoms with Crippen LogP contribution in [0, 0.1) is 0 Å². The van der Waals surface area contributed by atoms with Gasteiger partial charge in [-0.3, -0.25) is 4.79 Å². The average molecular weight is 301 g/mol. The molecular formula is C14H21ClN2O3. The fourth-order valence-electron chi connectivity index (χ4n) is 2.16. The second kappa shape index (κ2) is 6.79. The van der Waals surface area contributed by atoms with Crippen molar-refractivity contribution >= 4 is 23.5 Å². The average Bonchev–Trinajstić information content (AvgIpc) is 2.77. The Bertz CT molecular complexity index is 493. The lowest BCUT2D eigenvalue weighted by molar-refractivity contribution is -0.144. The number of aromatic nitrogens is 1. The molecule has 0 saturated carbocycles. The van der Waals surface area contributed by atoms with Crippen molar-refractivity contribution in [3.05, 3.63) is 23.0 Å². The number of carboxylic acid groups (broad SMARTS) is 1. The van der Waals surface area contributed by atoms with Crippen LogP contribution in [0.5, 0.6) is 0 Å². The van der Waals surface area contributed by atoms with Crippen LogP contribution in [0.4, 0.5) is 0 Å². The Morgan fingerprint density at radius 1 is 1.35 bits per heavy atom. The standard InChI is InChI=1S/C14H21ClN2O3/c1-4-7-17-9-10(15)8-11(17)12(18)16-14(5-2,6-3)13(19)20/h8-9H,4-7H2,1-3H3,(H,16,18)(H,19,20). The van der Waals surface area contributed by atoms with Crippen molar-refractivity contribution in [3.63, 3.8) is 0 Å². The van der Waals surface area contributed by atoms with E-state index in [0.29, 0.717) is 30.1 Å². The van der Waals surface area contributed by atoms with Crippen molar-refractivity contribution in [1.29, 1.82) is 0 Å². The number of hydrogen-bond acceptors (Lipinski definition) is 2. The van der Waals surface area contributed by atoms with E-state index >= 15 is 0 Å². The van der Waals surface area contributed by atoms with E-state index in [1.807, 2.05) is 6.92 Å². The lowest BCUT2D eigenvalue weighted by atomic mass is 9.93. The molecule has 1 heterocycles. The molecule has 1 aromatic heterocycles. The molecule has 1 aromatic rings. The van der Waals surface area contributed by atoms with Crippen LogP contribution in [0.3, 0.4) is 0 Å². The third-order valence-corrected chi connectivity index (χ3v) is 3.74. The van der Waals surface area contributed by atoms with E-state index < -0.39 is 17.4 Å². The van der Waals surface area contributed by atoms with Gasteiger partial charge in [0.05, 0.1) is 5.02 Å². The Balaban J connectivity index is 3.03. The molecule has 0 aliphatic heterocycles. The summed E-state index contributed by atoms with van der Waals surface area (Å²) in [5, 5.41) is 12.5. The van der Waals surface area contributed by atoms with Crippen molar-refractivity contribution < 1.29 is 14.7 Å². The first kappa shape index (κ1) is 16.6. The Morgan fingerprint density at radius 2 is 1.95 bits per heavy atom. The summed E-state index contributed by atoms with van der Waals surface area (Å²) in [5.41, 5.74) is -0.838. The van der Waals surface area contributed by atoms with Gasteiger partial charge in [-0.2, -0.15) is 0 Å². The number of rotatable bonds is 7. The molecule has 0 fully saturated rings. The summed E-state index contributed by atoms with van der Waals surface area (Å²) in [7, 11) is 0. The van der Waals surface area contributed by atoms with Gasteiger partial charge in [0.2, 0.25) is 0 Å². The zero-order valence-corrected chi connectivity index (χ0v) is 12.8. The maximum atomic E-state index is 12.3. The quantitative estimate of drug-likeness (QED) is 0.813. The Labute approximate surface area is 123 Å². The lowest BCUT2D eigenvalue weighted by Gasteiger charge is -2.28. The first-order valence-corrected chi connectivity index (χ1v) is 7.19. The zero-order chi connectivity index (χ0) is 15.3. The lowest BCUT2D eigenvalue weighted by Crippen LogP contribution is -2.54. The molecule has 0 spiro atoms. The van der Waals surface area contributed by atoms with Crippen LogP contribution in [0.2, 0.25) is 5.02 Å². The van der Waals surface area contributed by atoms with E-state index in [0.717, 1.165) is 6.42 Å². The molecule has 1 rings (SSSR count). The fraction of sp³-hybridized carbons (Fsp3) is 0.571. The maximum Gasteiger partial charge on any atom is 0.329 e. The summed E-state index contributed by atoms with van der Waals surface area (Å²) >= 11 is 5.93. The van der Waals surface area contributed by atoms with Gasteiger partial charge in [-0.1, -0.05) is 32.4 Å². The third-order valence-electron chi connectivity index (χ3n) is 3.53. The molecule has 1 amide bonds. The van der Waals surface area contributed by atoms with Gasteiger partial charge < -0.3 is 15.0 Å². The van der Waals surface area contributed by atoms with Gasteiger partial charge in [0.15, 0.2) is 0 Å². The van der Waals surface area contributed by atoms with Gasteiger partial charge in [0.25, 0.3) is 5.91 Å². The number of carbonyl (C=O) groups excluding carboxylic acids is 1. The molecule has 0 saturated heterocycles. The summed E-state index contributed by atoms with van der Waals surface area (Å²) in [5.74, 6) is -1.42. The van der Waals surface area contributed by atoms with Crippen molar-refractivity contribution in [2.24, 2.45) is 0 Å². The monoisotopic (exact) mass is 300 g/mol. The van der Waals surface area contributed by atoms with Gasteiger partial charge in [0, 0.05) is 12.7 Å². The minimum absolute atomic E-state index is 0.326. The van der Waals surface area contributed by atoms with E-state index in [2.05, 4.69) is 5.32 Å². The molecule has 20 heavy (non-hydrogen) atoms. The van der Waals surface area contributed by atoms with Gasteiger partial charge in [-0.15, -0.1) is 0 Å². The number of nitrogens with zero attached hydrogens (tertiary/aromatic N) is 1. The molecular weight excluding hydrogens is 280 g/mol. The number of carbonyl (C=O) groups is 2. The van der Waals surface area contributed by atoms with E-state index in [1.54, 1.807) is 30.7 Å². The molecule has 0 atom stereocenters. The maximum absolute atomic E-state index is 12.3. The third kappa shape index (κ3) is 3.33. The largest absolute Gasteiger partial charge is 0.480 e.